The van der Waals surface area contributed by atoms with Gasteiger partial charge in [-0.1, -0.05) is 18.9 Å². The van der Waals surface area contributed by atoms with Crippen molar-refractivity contribution >= 4 is 17.2 Å². The molecule has 1 atom stereocenters. The summed E-state index contributed by atoms with van der Waals surface area (Å²) in [6.45, 7) is 2.52. The van der Waals surface area contributed by atoms with E-state index in [0.29, 0.717) is 12.6 Å². The van der Waals surface area contributed by atoms with Crippen LogP contribution in [0.4, 0.5) is 0 Å². The molecule has 1 aliphatic rings. The van der Waals surface area contributed by atoms with E-state index in [9.17, 15) is 4.79 Å². The molecule has 4 heteroatoms. The fourth-order valence-electron chi connectivity index (χ4n) is 2.47. The van der Waals surface area contributed by atoms with Crippen molar-refractivity contribution < 1.29 is 4.79 Å². The van der Waals surface area contributed by atoms with Gasteiger partial charge in [-0.05, 0) is 31.2 Å². The van der Waals surface area contributed by atoms with E-state index in [1.807, 2.05) is 0 Å². The standard InChI is InChI=1S/C14H22N2OS/c1-11(9-13-7-4-8-18-13)16-14(17)10-15-12-5-2-3-6-12/h4,7-8,11-12,15H,2-3,5-6,9-10H2,1H3,(H,16,17). The monoisotopic (exact) mass is 266 g/mol. The van der Waals surface area contributed by atoms with Crippen molar-refractivity contribution in [1.29, 1.82) is 0 Å². The van der Waals surface area contributed by atoms with E-state index in [0.717, 1.165) is 6.42 Å². The number of hydrogen-bond donors (Lipinski definition) is 2. The van der Waals surface area contributed by atoms with Gasteiger partial charge in [0, 0.05) is 23.4 Å². The van der Waals surface area contributed by atoms with Crippen LogP contribution in [0.2, 0.25) is 0 Å². The smallest absolute Gasteiger partial charge is 0.234 e. The molecule has 1 fully saturated rings. The van der Waals surface area contributed by atoms with E-state index in [1.54, 1.807) is 11.3 Å². The van der Waals surface area contributed by atoms with Gasteiger partial charge in [-0.25, -0.2) is 0 Å². The van der Waals surface area contributed by atoms with E-state index >= 15 is 0 Å². The van der Waals surface area contributed by atoms with Crippen LogP contribution in [-0.2, 0) is 11.2 Å². The first kappa shape index (κ1) is 13.6. The largest absolute Gasteiger partial charge is 0.352 e. The van der Waals surface area contributed by atoms with Crippen LogP contribution in [0.15, 0.2) is 17.5 Å². The van der Waals surface area contributed by atoms with Crippen LogP contribution in [0.3, 0.4) is 0 Å². The first-order chi connectivity index (χ1) is 8.74. The van der Waals surface area contributed by atoms with Gasteiger partial charge in [-0.15, -0.1) is 11.3 Å². The molecule has 0 bridgehead atoms. The molecule has 0 aliphatic heterocycles. The highest BCUT2D eigenvalue weighted by Gasteiger charge is 2.16. The summed E-state index contributed by atoms with van der Waals surface area (Å²) < 4.78 is 0. The Morgan fingerprint density at radius 3 is 2.94 bits per heavy atom. The van der Waals surface area contributed by atoms with Crippen LogP contribution in [0, 0.1) is 0 Å². The number of amides is 1. The molecule has 0 spiro atoms. The molecule has 0 radical (unpaired) electrons. The number of nitrogens with one attached hydrogen (secondary N) is 2. The number of carbonyl (C=O) groups excluding carboxylic acids is 1. The first-order valence-electron chi connectivity index (χ1n) is 6.79. The number of rotatable bonds is 6. The molecular formula is C14H22N2OS. The highest BCUT2D eigenvalue weighted by Crippen LogP contribution is 2.17. The third-order valence-corrected chi connectivity index (χ3v) is 4.30. The molecule has 3 nitrogen and oxygen atoms in total. The Morgan fingerprint density at radius 1 is 1.50 bits per heavy atom. The maximum atomic E-state index is 11.8. The van der Waals surface area contributed by atoms with Crippen LogP contribution in [0.1, 0.15) is 37.5 Å². The molecule has 2 rings (SSSR count). The second kappa shape index (κ2) is 6.90. The molecule has 100 valence electrons. The molecule has 0 saturated heterocycles. The minimum Gasteiger partial charge on any atom is -0.352 e. The molecule has 1 saturated carbocycles. The van der Waals surface area contributed by atoms with E-state index in [-0.39, 0.29) is 11.9 Å². The van der Waals surface area contributed by atoms with Crippen molar-refractivity contribution in [2.45, 2.75) is 51.1 Å². The number of carbonyl (C=O) groups is 1. The Bertz CT molecular complexity index is 358. The molecule has 1 aliphatic carbocycles. The van der Waals surface area contributed by atoms with Gasteiger partial charge in [-0.3, -0.25) is 4.79 Å². The van der Waals surface area contributed by atoms with Crippen molar-refractivity contribution in [3.8, 4) is 0 Å². The first-order valence-corrected chi connectivity index (χ1v) is 7.67. The van der Waals surface area contributed by atoms with Crippen LogP contribution in [0.25, 0.3) is 0 Å². The minimum atomic E-state index is 0.117. The lowest BCUT2D eigenvalue weighted by molar-refractivity contribution is -0.120. The van der Waals surface area contributed by atoms with E-state index in [4.69, 9.17) is 0 Å². The average Bonchev–Trinajstić information content (AvgIpc) is 2.98. The zero-order valence-electron chi connectivity index (χ0n) is 10.9. The van der Waals surface area contributed by atoms with Crippen molar-refractivity contribution in [3.63, 3.8) is 0 Å². The van der Waals surface area contributed by atoms with Gasteiger partial charge in [0.15, 0.2) is 0 Å². The molecule has 2 N–H and O–H groups in total. The summed E-state index contributed by atoms with van der Waals surface area (Å²) in [6.07, 6.45) is 5.96. The Balaban J connectivity index is 1.63. The topological polar surface area (TPSA) is 41.1 Å². The summed E-state index contributed by atoms with van der Waals surface area (Å²) in [7, 11) is 0. The molecule has 18 heavy (non-hydrogen) atoms. The van der Waals surface area contributed by atoms with Crippen LogP contribution in [0.5, 0.6) is 0 Å². The lowest BCUT2D eigenvalue weighted by Crippen LogP contribution is -2.42. The maximum absolute atomic E-state index is 11.8. The lowest BCUT2D eigenvalue weighted by atomic mass is 10.2. The van der Waals surface area contributed by atoms with Crippen molar-refractivity contribution in [1.82, 2.24) is 10.6 Å². The van der Waals surface area contributed by atoms with E-state index in [2.05, 4.69) is 35.1 Å². The fraction of sp³-hybridized carbons (Fsp3) is 0.643. The van der Waals surface area contributed by atoms with Gasteiger partial charge in [0.2, 0.25) is 5.91 Å². The normalized spacial score (nSPS) is 17.8. The highest BCUT2D eigenvalue weighted by atomic mass is 32.1. The second-order valence-corrected chi connectivity index (χ2v) is 6.15. The van der Waals surface area contributed by atoms with Gasteiger partial charge in [0.25, 0.3) is 0 Å². The second-order valence-electron chi connectivity index (χ2n) is 5.11. The van der Waals surface area contributed by atoms with Gasteiger partial charge >= 0.3 is 0 Å². The predicted octanol–water partition coefficient (Wildman–Crippen LogP) is 2.33. The Hall–Kier alpha value is -0.870. The molecule has 1 aromatic rings. The van der Waals surface area contributed by atoms with Crippen molar-refractivity contribution in [2.75, 3.05) is 6.54 Å². The minimum absolute atomic E-state index is 0.117. The molecule has 1 unspecified atom stereocenters. The summed E-state index contributed by atoms with van der Waals surface area (Å²) >= 11 is 1.75. The number of hydrogen-bond acceptors (Lipinski definition) is 3. The van der Waals surface area contributed by atoms with Gasteiger partial charge in [0.1, 0.15) is 0 Å². The Labute approximate surface area is 113 Å². The third-order valence-electron chi connectivity index (χ3n) is 3.40. The predicted molar refractivity (Wildman–Crippen MR) is 75.9 cm³/mol. The summed E-state index contributed by atoms with van der Waals surface area (Å²) in [5.41, 5.74) is 0. The highest BCUT2D eigenvalue weighted by molar-refractivity contribution is 7.09. The molecule has 0 aromatic carbocycles. The SMILES string of the molecule is CC(Cc1cccs1)NC(=O)CNC1CCCC1. The Morgan fingerprint density at radius 2 is 2.28 bits per heavy atom. The summed E-state index contributed by atoms with van der Waals surface area (Å²) in [5, 5.41) is 8.46. The van der Waals surface area contributed by atoms with Crippen LogP contribution in [-0.4, -0.2) is 24.5 Å². The zero-order valence-corrected chi connectivity index (χ0v) is 11.8. The molecular weight excluding hydrogens is 244 g/mol. The van der Waals surface area contributed by atoms with Gasteiger partial charge in [-0.2, -0.15) is 0 Å². The zero-order chi connectivity index (χ0) is 12.8. The maximum Gasteiger partial charge on any atom is 0.234 e. The third kappa shape index (κ3) is 4.42. The number of thiophene rings is 1. The molecule has 1 aromatic heterocycles. The average molecular weight is 266 g/mol. The van der Waals surface area contributed by atoms with Gasteiger partial charge < -0.3 is 10.6 Å². The molecule has 1 heterocycles. The summed E-state index contributed by atoms with van der Waals surface area (Å²) in [4.78, 5) is 13.1. The van der Waals surface area contributed by atoms with Crippen LogP contribution < -0.4 is 10.6 Å². The van der Waals surface area contributed by atoms with Crippen molar-refractivity contribution in [2.24, 2.45) is 0 Å². The van der Waals surface area contributed by atoms with Crippen molar-refractivity contribution in [3.05, 3.63) is 22.4 Å². The quantitative estimate of drug-likeness (QED) is 0.829. The molecule has 1 amide bonds. The lowest BCUT2D eigenvalue weighted by Gasteiger charge is -2.15. The Kier molecular flexibility index (Phi) is 5.20. The summed E-state index contributed by atoms with van der Waals surface area (Å²) in [6, 6.07) is 4.94. The van der Waals surface area contributed by atoms with Gasteiger partial charge in [0.05, 0.1) is 6.54 Å². The summed E-state index contributed by atoms with van der Waals surface area (Å²) in [5.74, 6) is 0.117. The van der Waals surface area contributed by atoms with Crippen LogP contribution >= 0.6 is 11.3 Å². The van der Waals surface area contributed by atoms with E-state index in [1.165, 1.54) is 30.6 Å². The fourth-order valence-corrected chi connectivity index (χ4v) is 3.31. The van der Waals surface area contributed by atoms with E-state index < -0.39 is 0 Å².